The first-order chi connectivity index (χ1) is 7.61. The Morgan fingerprint density at radius 1 is 1.53 bits per heavy atom. The molecule has 0 amide bonds. The topological polar surface area (TPSA) is 53.6 Å². The Labute approximate surface area is 122 Å². The highest BCUT2D eigenvalue weighted by Crippen LogP contribution is 2.16. The second kappa shape index (κ2) is 8.97. The second-order valence-corrected chi connectivity index (χ2v) is 5.15. The van der Waals surface area contributed by atoms with Gasteiger partial charge in [-0.15, -0.1) is 24.0 Å². The molecular weight excluding hydrogens is 327 g/mol. The number of hydrogen-bond donors (Lipinski definition) is 2. The fraction of sp³-hybridized carbons (Fsp3) is 0.917. The number of likely N-dealkylation sites (tertiary alicyclic amines) is 1. The molecule has 1 aliphatic heterocycles. The summed E-state index contributed by atoms with van der Waals surface area (Å²) in [7, 11) is 1.72. The summed E-state index contributed by atoms with van der Waals surface area (Å²) in [6.07, 6.45) is 2.61. The maximum Gasteiger partial charge on any atom is 0.188 e. The fourth-order valence-electron chi connectivity index (χ4n) is 2.33. The molecule has 0 aliphatic carbocycles. The van der Waals surface area contributed by atoms with Gasteiger partial charge in [-0.1, -0.05) is 13.8 Å². The van der Waals surface area contributed by atoms with Crippen molar-refractivity contribution in [3.05, 3.63) is 0 Å². The summed E-state index contributed by atoms with van der Waals surface area (Å²) < 4.78 is 0. The number of halogens is 1. The summed E-state index contributed by atoms with van der Waals surface area (Å²) >= 11 is 0. The molecule has 102 valence electrons. The van der Waals surface area contributed by atoms with Gasteiger partial charge in [0.15, 0.2) is 5.96 Å². The molecule has 0 aromatic heterocycles. The fourth-order valence-corrected chi connectivity index (χ4v) is 2.33. The van der Waals surface area contributed by atoms with Gasteiger partial charge in [0.25, 0.3) is 0 Å². The van der Waals surface area contributed by atoms with Gasteiger partial charge in [0.05, 0.1) is 0 Å². The van der Waals surface area contributed by atoms with Gasteiger partial charge in [-0.2, -0.15) is 0 Å². The van der Waals surface area contributed by atoms with E-state index in [1.807, 2.05) is 0 Å². The van der Waals surface area contributed by atoms with E-state index in [2.05, 4.69) is 29.1 Å². The lowest BCUT2D eigenvalue weighted by atomic mass is 9.97. The molecule has 0 radical (unpaired) electrons. The maximum atomic E-state index is 5.63. The summed E-state index contributed by atoms with van der Waals surface area (Å²) in [5, 5.41) is 3.18. The highest BCUT2D eigenvalue weighted by Gasteiger charge is 2.20. The Bertz CT molecular complexity index is 231. The Balaban J connectivity index is 0.00000256. The average Bonchev–Trinajstić information content (AvgIpc) is 2.25. The van der Waals surface area contributed by atoms with Crippen LogP contribution in [0.15, 0.2) is 4.99 Å². The summed E-state index contributed by atoms with van der Waals surface area (Å²) in [6.45, 7) is 9.19. The second-order valence-electron chi connectivity index (χ2n) is 5.15. The van der Waals surface area contributed by atoms with Crippen LogP contribution in [0.25, 0.3) is 0 Å². The largest absolute Gasteiger partial charge is 0.370 e. The van der Waals surface area contributed by atoms with Gasteiger partial charge in [-0.3, -0.25) is 4.99 Å². The molecule has 3 N–H and O–H groups in total. The molecule has 0 saturated carbocycles. The van der Waals surface area contributed by atoms with Gasteiger partial charge in [-0.25, -0.2) is 0 Å². The molecule has 1 unspecified atom stereocenters. The smallest absolute Gasteiger partial charge is 0.188 e. The summed E-state index contributed by atoms with van der Waals surface area (Å²) in [4.78, 5) is 6.48. The van der Waals surface area contributed by atoms with Crippen molar-refractivity contribution in [3.8, 4) is 0 Å². The lowest BCUT2D eigenvalue weighted by molar-refractivity contribution is 0.159. The maximum absolute atomic E-state index is 5.63. The number of aliphatic imine (C=N–C) groups is 1. The molecule has 1 aliphatic rings. The monoisotopic (exact) mass is 354 g/mol. The average molecular weight is 354 g/mol. The zero-order chi connectivity index (χ0) is 12.0. The Morgan fingerprint density at radius 2 is 2.24 bits per heavy atom. The molecule has 5 heteroatoms. The molecule has 0 bridgehead atoms. The van der Waals surface area contributed by atoms with Crippen LogP contribution >= 0.6 is 24.0 Å². The molecule has 1 rings (SSSR count). The molecular formula is C12H27IN4. The van der Waals surface area contributed by atoms with E-state index in [0.717, 1.165) is 12.5 Å². The van der Waals surface area contributed by atoms with E-state index in [9.17, 15) is 0 Å². The molecule has 1 heterocycles. The molecule has 1 atom stereocenters. The van der Waals surface area contributed by atoms with Gasteiger partial charge in [0, 0.05) is 26.7 Å². The van der Waals surface area contributed by atoms with Crippen molar-refractivity contribution in [3.63, 3.8) is 0 Å². The lowest BCUT2D eigenvalue weighted by Crippen LogP contribution is -2.43. The van der Waals surface area contributed by atoms with E-state index in [0.29, 0.717) is 11.9 Å². The standard InChI is InChI=1S/C12H26N4.HI/c1-10(2)8-16-6-4-5-11(9-16)7-15-12(13)14-3;/h10-11H,4-9H2,1-3H3,(H3,13,14,15);1H. The minimum Gasteiger partial charge on any atom is -0.370 e. The van der Waals surface area contributed by atoms with Crippen LogP contribution in [-0.2, 0) is 0 Å². The molecule has 1 saturated heterocycles. The highest BCUT2D eigenvalue weighted by molar-refractivity contribution is 14.0. The SMILES string of the molecule is CN=C(N)NCC1CCCN(CC(C)C)C1.I. The van der Waals surface area contributed by atoms with Crippen molar-refractivity contribution >= 4 is 29.9 Å². The summed E-state index contributed by atoms with van der Waals surface area (Å²) in [5.74, 6) is 2.03. The van der Waals surface area contributed by atoms with Crippen molar-refractivity contribution in [1.29, 1.82) is 0 Å². The van der Waals surface area contributed by atoms with Gasteiger partial charge >= 0.3 is 0 Å². The quantitative estimate of drug-likeness (QED) is 0.457. The first kappa shape index (κ1) is 17.0. The van der Waals surface area contributed by atoms with Crippen molar-refractivity contribution in [2.45, 2.75) is 26.7 Å². The van der Waals surface area contributed by atoms with Crippen LogP contribution in [0.2, 0.25) is 0 Å². The van der Waals surface area contributed by atoms with Crippen molar-refractivity contribution in [2.75, 3.05) is 33.2 Å². The minimum absolute atomic E-state index is 0. The van der Waals surface area contributed by atoms with E-state index in [1.165, 1.54) is 32.5 Å². The zero-order valence-electron chi connectivity index (χ0n) is 11.3. The predicted molar refractivity (Wildman–Crippen MR) is 85.0 cm³/mol. The van der Waals surface area contributed by atoms with Crippen LogP contribution in [0.3, 0.4) is 0 Å². The van der Waals surface area contributed by atoms with Crippen LogP contribution in [0.1, 0.15) is 26.7 Å². The first-order valence-electron chi connectivity index (χ1n) is 6.30. The summed E-state index contributed by atoms with van der Waals surface area (Å²) in [5.41, 5.74) is 5.63. The molecule has 4 nitrogen and oxygen atoms in total. The Morgan fingerprint density at radius 3 is 2.82 bits per heavy atom. The van der Waals surface area contributed by atoms with Gasteiger partial charge < -0.3 is 16.0 Å². The molecule has 1 fully saturated rings. The van der Waals surface area contributed by atoms with Crippen LogP contribution in [0, 0.1) is 11.8 Å². The summed E-state index contributed by atoms with van der Waals surface area (Å²) in [6, 6.07) is 0. The lowest BCUT2D eigenvalue weighted by Gasteiger charge is -2.33. The molecule has 0 aromatic rings. The number of piperidine rings is 1. The van der Waals surface area contributed by atoms with Gasteiger partial charge in [0.2, 0.25) is 0 Å². The number of nitrogens with zero attached hydrogens (tertiary/aromatic N) is 2. The number of guanidine groups is 1. The van der Waals surface area contributed by atoms with Crippen LogP contribution < -0.4 is 11.1 Å². The third kappa shape index (κ3) is 7.08. The third-order valence-corrected chi connectivity index (χ3v) is 3.04. The van der Waals surface area contributed by atoms with Crippen LogP contribution in [0.4, 0.5) is 0 Å². The van der Waals surface area contributed by atoms with Crippen LogP contribution in [-0.4, -0.2) is 44.1 Å². The van der Waals surface area contributed by atoms with E-state index in [4.69, 9.17) is 5.73 Å². The number of rotatable bonds is 4. The van der Waals surface area contributed by atoms with E-state index in [1.54, 1.807) is 7.05 Å². The molecule has 0 aromatic carbocycles. The van der Waals surface area contributed by atoms with E-state index >= 15 is 0 Å². The van der Waals surface area contributed by atoms with Crippen LogP contribution in [0.5, 0.6) is 0 Å². The zero-order valence-corrected chi connectivity index (χ0v) is 13.6. The Hall–Kier alpha value is -0.0400. The third-order valence-electron chi connectivity index (χ3n) is 3.04. The Kier molecular flexibility index (Phi) is 8.94. The van der Waals surface area contributed by atoms with Gasteiger partial charge in [0.1, 0.15) is 0 Å². The number of nitrogens with two attached hydrogens (primary N) is 1. The minimum atomic E-state index is 0. The first-order valence-corrected chi connectivity index (χ1v) is 6.30. The van der Waals surface area contributed by atoms with Gasteiger partial charge in [-0.05, 0) is 31.2 Å². The number of hydrogen-bond acceptors (Lipinski definition) is 2. The number of nitrogens with one attached hydrogen (secondary N) is 1. The van der Waals surface area contributed by atoms with Crippen molar-refractivity contribution in [1.82, 2.24) is 10.2 Å². The molecule has 0 spiro atoms. The normalized spacial score (nSPS) is 22.4. The van der Waals surface area contributed by atoms with Crippen molar-refractivity contribution in [2.24, 2.45) is 22.6 Å². The van der Waals surface area contributed by atoms with Crippen molar-refractivity contribution < 1.29 is 0 Å². The molecule has 17 heavy (non-hydrogen) atoms. The van der Waals surface area contributed by atoms with E-state index < -0.39 is 0 Å². The van der Waals surface area contributed by atoms with E-state index in [-0.39, 0.29) is 24.0 Å². The predicted octanol–water partition coefficient (Wildman–Crippen LogP) is 1.51. The highest BCUT2D eigenvalue weighted by atomic mass is 127.